The molecular weight excluding hydrogens is 508 g/mol. The van der Waals surface area contributed by atoms with Gasteiger partial charge in [-0.05, 0) is 12.1 Å². The van der Waals surface area contributed by atoms with Crippen LogP contribution in [-0.4, -0.2) is 95.7 Å². The number of esters is 1. The lowest BCUT2D eigenvalue weighted by Gasteiger charge is -2.43. The molecule has 3 aliphatic rings. The molecule has 3 aliphatic heterocycles. The van der Waals surface area contributed by atoms with Crippen LogP contribution in [0.2, 0.25) is 0 Å². The number of quaternary nitrogens is 1. The fourth-order valence-electron chi connectivity index (χ4n) is 5.69. The van der Waals surface area contributed by atoms with Gasteiger partial charge in [-0.1, -0.05) is 24.3 Å². The van der Waals surface area contributed by atoms with Crippen LogP contribution in [0.15, 0.2) is 48.8 Å². The van der Waals surface area contributed by atoms with Crippen LogP contribution in [0.4, 0.5) is 0 Å². The number of aliphatic hydroxyl groups is 4. The van der Waals surface area contributed by atoms with E-state index in [1.165, 1.54) is 13.4 Å². The van der Waals surface area contributed by atoms with Gasteiger partial charge >= 0.3 is 5.97 Å². The van der Waals surface area contributed by atoms with Crippen LogP contribution in [0.1, 0.15) is 6.42 Å². The maximum Gasteiger partial charge on any atom is 0.337 e. The predicted octanol–water partition coefficient (Wildman–Crippen LogP) is -2.38. The van der Waals surface area contributed by atoms with E-state index < -0.39 is 61.4 Å². The molecule has 5 rings (SSSR count). The molecule has 4 heterocycles. The highest BCUT2D eigenvalue weighted by Crippen LogP contribution is 2.38. The van der Waals surface area contributed by atoms with Gasteiger partial charge in [-0.2, -0.15) is 0 Å². The van der Waals surface area contributed by atoms with Crippen LogP contribution >= 0.6 is 0 Å². The fourth-order valence-corrected chi connectivity index (χ4v) is 5.69. The van der Waals surface area contributed by atoms with Crippen molar-refractivity contribution in [2.75, 3.05) is 27.3 Å². The molecule has 39 heavy (non-hydrogen) atoms. The molecular formula is C28H35N2O9+. The molecule has 1 fully saturated rings. The van der Waals surface area contributed by atoms with Gasteiger partial charge in [0, 0.05) is 34.4 Å². The summed E-state index contributed by atoms with van der Waals surface area (Å²) in [6.07, 6.45) is -2.78. The first kappa shape index (κ1) is 27.5. The summed E-state index contributed by atoms with van der Waals surface area (Å²) in [4.78, 5) is 17.5. The summed E-state index contributed by atoms with van der Waals surface area (Å²) in [6, 6.07) is 8.08. The van der Waals surface area contributed by atoms with Crippen molar-refractivity contribution in [1.82, 2.24) is 4.98 Å². The molecule has 0 bridgehead atoms. The maximum atomic E-state index is 12.8. The lowest BCUT2D eigenvalue weighted by molar-refractivity contribution is -0.797. The van der Waals surface area contributed by atoms with Gasteiger partial charge in [0.1, 0.15) is 42.0 Å². The number of aromatic nitrogens is 1. The normalized spacial score (nSPS) is 34.5. The van der Waals surface area contributed by atoms with Crippen molar-refractivity contribution in [3.05, 3.63) is 59.3 Å². The molecule has 210 valence electrons. The van der Waals surface area contributed by atoms with E-state index >= 15 is 0 Å². The van der Waals surface area contributed by atoms with Crippen LogP contribution in [-0.2, 0) is 23.7 Å². The Hall–Kier alpha value is -3.03. The Labute approximate surface area is 224 Å². The SMILES string of the molecule is C=CC1C(OC2OC(CO)C(O)C(O)C2O)OC=C(C(=O)OC)C1CC1=c2[nH]c3ccccc3c2=CC[NH+]1C. The number of carbonyl (C=O) groups excluding carboxylic acids is 1. The molecule has 1 saturated heterocycles. The van der Waals surface area contributed by atoms with Crippen molar-refractivity contribution in [3.8, 4) is 0 Å². The summed E-state index contributed by atoms with van der Waals surface area (Å²) in [5.74, 6) is -1.60. The van der Waals surface area contributed by atoms with Gasteiger partial charge in [0.15, 0.2) is 6.29 Å². The van der Waals surface area contributed by atoms with Gasteiger partial charge in [-0.3, -0.25) is 0 Å². The average Bonchev–Trinajstić information content (AvgIpc) is 3.33. The largest absolute Gasteiger partial charge is 0.471 e. The van der Waals surface area contributed by atoms with Crippen molar-refractivity contribution in [2.45, 2.75) is 43.4 Å². The Bertz CT molecular complexity index is 1380. The lowest BCUT2D eigenvalue weighted by Crippen LogP contribution is -3.08. The van der Waals surface area contributed by atoms with Gasteiger partial charge in [0.05, 0.1) is 32.6 Å². The highest BCUT2D eigenvalue weighted by Gasteiger charge is 2.48. The third kappa shape index (κ3) is 4.91. The van der Waals surface area contributed by atoms with Crippen LogP contribution in [0, 0.1) is 11.8 Å². The summed E-state index contributed by atoms with van der Waals surface area (Å²) in [7, 11) is 3.36. The number of fused-ring (bicyclic) bond motifs is 3. The Morgan fingerprint density at radius 1 is 1.21 bits per heavy atom. The van der Waals surface area contributed by atoms with Crippen molar-refractivity contribution >= 4 is 28.6 Å². The van der Waals surface area contributed by atoms with Crippen LogP contribution < -0.4 is 15.5 Å². The topological polar surface area (TPSA) is 155 Å². The van der Waals surface area contributed by atoms with Crippen LogP contribution in [0.3, 0.4) is 0 Å². The minimum absolute atomic E-state index is 0.309. The third-order valence-corrected chi connectivity index (χ3v) is 7.92. The van der Waals surface area contributed by atoms with E-state index in [0.29, 0.717) is 12.0 Å². The van der Waals surface area contributed by atoms with Gasteiger partial charge in [0.2, 0.25) is 6.29 Å². The number of para-hydroxylation sites is 1. The quantitative estimate of drug-likeness (QED) is 0.166. The number of carbonyl (C=O) groups is 1. The highest BCUT2D eigenvalue weighted by molar-refractivity contribution is 5.89. The van der Waals surface area contributed by atoms with E-state index in [4.69, 9.17) is 18.9 Å². The number of H-pyrrole nitrogens is 1. The molecule has 9 unspecified atom stereocenters. The zero-order valence-corrected chi connectivity index (χ0v) is 21.8. The highest BCUT2D eigenvalue weighted by atomic mass is 16.8. The van der Waals surface area contributed by atoms with E-state index in [-0.39, 0.29) is 0 Å². The number of aromatic amines is 1. The second kappa shape index (κ2) is 11.2. The smallest absolute Gasteiger partial charge is 0.337 e. The number of methoxy groups -OCH3 is 1. The molecule has 11 nitrogen and oxygen atoms in total. The summed E-state index contributed by atoms with van der Waals surface area (Å²) in [6.45, 7) is 4.13. The number of hydrogen-bond acceptors (Lipinski definition) is 9. The summed E-state index contributed by atoms with van der Waals surface area (Å²) < 4.78 is 22.3. The number of rotatable bonds is 7. The minimum Gasteiger partial charge on any atom is -0.471 e. The van der Waals surface area contributed by atoms with E-state index in [1.54, 1.807) is 6.08 Å². The summed E-state index contributed by atoms with van der Waals surface area (Å²) in [5, 5.41) is 43.6. The first-order valence-corrected chi connectivity index (χ1v) is 12.9. The van der Waals surface area contributed by atoms with E-state index in [2.05, 4.69) is 30.8 Å². The first-order chi connectivity index (χ1) is 18.8. The molecule has 0 aliphatic carbocycles. The van der Waals surface area contributed by atoms with E-state index in [0.717, 1.165) is 38.6 Å². The minimum atomic E-state index is -1.60. The molecule has 2 aromatic rings. The second-order valence-corrected chi connectivity index (χ2v) is 10.2. The molecule has 0 radical (unpaired) electrons. The van der Waals surface area contributed by atoms with Gasteiger partial charge in [-0.15, -0.1) is 6.58 Å². The number of hydrogen-bond donors (Lipinski definition) is 6. The fraction of sp³-hybridized carbons (Fsp3) is 0.464. The van der Waals surface area contributed by atoms with E-state index in [9.17, 15) is 25.2 Å². The summed E-state index contributed by atoms with van der Waals surface area (Å²) in [5.41, 5.74) is 2.39. The zero-order chi connectivity index (χ0) is 27.8. The Kier molecular flexibility index (Phi) is 7.92. The standard InChI is InChI=1S/C28H34N2O9/c1-4-14-17(11-20-22-16(9-10-30(20)2)15-7-5-6-8-19(15)29-22)18(26(35)36-3)13-37-27(14)39-28-25(34)24(33)23(32)21(12-31)38-28/h4-9,13-14,17,21,23-25,27-29,31-34H,1,10-12H2,2-3H3/p+1. The number of ether oxygens (including phenoxy) is 4. The van der Waals surface area contributed by atoms with Gasteiger partial charge in [-0.25, -0.2) is 4.79 Å². The van der Waals surface area contributed by atoms with Crippen LogP contribution in [0.5, 0.6) is 0 Å². The Balaban J connectivity index is 1.51. The van der Waals surface area contributed by atoms with E-state index in [1.807, 2.05) is 18.2 Å². The molecule has 0 amide bonds. The predicted molar refractivity (Wildman–Crippen MR) is 139 cm³/mol. The third-order valence-electron chi connectivity index (χ3n) is 7.92. The van der Waals surface area contributed by atoms with Crippen LogP contribution in [0.25, 0.3) is 22.7 Å². The molecule has 9 atom stereocenters. The Morgan fingerprint density at radius 2 is 1.97 bits per heavy atom. The van der Waals surface area contributed by atoms with Crippen molar-refractivity contribution in [2.24, 2.45) is 11.8 Å². The molecule has 1 aromatic heterocycles. The van der Waals surface area contributed by atoms with Crippen molar-refractivity contribution < 1.29 is 49.1 Å². The van der Waals surface area contributed by atoms with Crippen molar-refractivity contribution in [1.29, 1.82) is 0 Å². The average molecular weight is 544 g/mol. The molecule has 11 heteroatoms. The number of benzene rings is 1. The van der Waals surface area contributed by atoms with Gasteiger partial charge in [0.25, 0.3) is 0 Å². The maximum absolute atomic E-state index is 12.8. The molecule has 6 N–H and O–H groups in total. The van der Waals surface area contributed by atoms with Crippen molar-refractivity contribution in [3.63, 3.8) is 0 Å². The number of nitrogens with one attached hydrogen (secondary N) is 2. The molecule has 0 spiro atoms. The molecule has 1 aromatic carbocycles. The summed E-state index contributed by atoms with van der Waals surface area (Å²) >= 11 is 0. The zero-order valence-electron chi connectivity index (χ0n) is 21.8. The van der Waals surface area contributed by atoms with Gasteiger partial charge < -0.3 is 49.3 Å². The Morgan fingerprint density at radius 3 is 2.69 bits per heavy atom. The first-order valence-electron chi connectivity index (χ1n) is 12.9. The lowest BCUT2D eigenvalue weighted by atomic mass is 9.80. The second-order valence-electron chi connectivity index (χ2n) is 10.2. The number of aliphatic hydroxyl groups excluding tert-OH is 4. The monoisotopic (exact) mass is 543 g/mol. The molecule has 0 saturated carbocycles.